The molecule has 3 aromatic rings. The second kappa shape index (κ2) is 8.98. The van der Waals surface area contributed by atoms with E-state index in [4.69, 9.17) is 16.3 Å². The Morgan fingerprint density at radius 2 is 1.92 bits per heavy atom. The Balaban J connectivity index is 1.52. The third-order valence-electron chi connectivity index (χ3n) is 3.68. The lowest BCUT2D eigenvalue weighted by Crippen LogP contribution is -2.20. The Kier molecular flexibility index (Phi) is 6.44. The Morgan fingerprint density at radius 1 is 1.15 bits per heavy atom. The van der Waals surface area contributed by atoms with Gasteiger partial charge in [-0.2, -0.15) is 5.10 Å². The predicted molar refractivity (Wildman–Crippen MR) is 105 cm³/mol. The number of anilines is 1. The highest BCUT2D eigenvalue weighted by atomic mass is 79.9. The summed E-state index contributed by atoms with van der Waals surface area (Å²) in [7, 11) is 0. The van der Waals surface area contributed by atoms with E-state index in [-0.39, 0.29) is 19.1 Å². The van der Waals surface area contributed by atoms with E-state index in [1.54, 1.807) is 23.0 Å². The normalized spacial score (nSPS) is 10.7. The Morgan fingerprint density at radius 3 is 2.69 bits per heavy atom. The number of benzene rings is 2. The maximum Gasteiger partial charge on any atom is 0.251 e. The Labute approximate surface area is 165 Å². The van der Waals surface area contributed by atoms with Crippen molar-refractivity contribution in [1.82, 2.24) is 9.78 Å². The molecule has 0 atom stereocenters. The number of aromatic nitrogens is 2. The zero-order valence-corrected chi connectivity index (χ0v) is 16.2. The summed E-state index contributed by atoms with van der Waals surface area (Å²) in [6.45, 7) is 0.788. The first-order valence-corrected chi connectivity index (χ1v) is 9.16. The largest absolute Gasteiger partial charge is 0.367 e. The highest BCUT2D eigenvalue weighted by molar-refractivity contribution is 9.10. The van der Waals surface area contributed by atoms with Gasteiger partial charge in [0.15, 0.2) is 0 Å². The van der Waals surface area contributed by atoms with Gasteiger partial charge in [0.05, 0.1) is 19.3 Å². The lowest BCUT2D eigenvalue weighted by atomic mass is 10.2. The molecule has 0 radical (unpaired) electrons. The minimum Gasteiger partial charge on any atom is -0.367 e. The molecule has 1 N–H and O–H groups in total. The van der Waals surface area contributed by atoms with Gasteiger partial charge >= 0.3 is 0 Å². The average Bonchev–Trinajstić information content (AvgIpc) is 3.05. The summed E-state index contributed by atoms with van der Waals surface area (Å²) in [5.41, 5.74) is 1.93. The topological polar surface area (TPSA) is 56.1 Å². The number of rotatable bonds is 7. The fourth-order valence-electron chi connectivity index (χ4n) is 2.38. The van der Waals surface area contributed by atoms with Gasteiger partial charge in [-0.3, -0.25) is 4.79 Å². The van der Waals surface area contributed by atoms with Crippen molar-refractivity contribution in [3.05, 3.63) is 81.4 Å². The van der Waals surface area contributed by atoms with Gasteiger partial charge in [-0.05, 0) is 29.3 Å². The van der Waals surface area contributed by atoms with Crippen LogP contribution < -0.4 is 5.32 Å². The summed E-state index contributed by atoms with van der Waals surface area (Å²) in [6.07, 6.45) is 1.65. The van der Waals surface area contributed by atoms with Gasteiger partial charge in [0.2, 0.25) is 0 Å². The molecule has 1 heterocycles. The minimum absolute atomic E-state index is 0.0608. The first-order valence-electron chi connectivity index (χ1n) is 7.99. The van der Waals surface area contributed by atoms with Crippen molar-refractivity contribution in [2.24, 2.45) is 0 Å². The quantitative estimate of drug-likeness (QED) is 0.595. The maximum absolute atomic E-state index is 12.1. The van der Waals surface area contributed by atoms with Crippen molar-refractivity contribution in [2.45, 2.75) is 13.2 Å². The zero-order chi connectivity index (χ0) is 18.4. The highest BCUT2D eigenvalue weighted by Gasteiger charge is 2.09. The average molecular weight is 435 g/mol. The van der Waals surface area contributed by atoms with Crippen LogP contribution in [-0.2, 0) is 22.7 Å². The van der Waals surface area contributed by atoms with E-state index in [1.807, 2.05) is 42.5 Å². The molecule has 3 rings (SSSR count). The summed E-state index contributed by atoms with van der Waals surface area (Å²) in [5.74, 6) is 0.383. The van der Waals surface area contributed by atoms with Crippen LogP contribution in [0.1, 0.15) is 11.1 Å². The lowest BCUT2D eigenvalue weighted by molar-refractivity contribution is -0.121. The number of nitrogens with one attached hydrogen (secondary N) is 1. The molecule has 0 bridgehead atoms. The SMILES string of the molecule is O=C(COCc1ccccc1Cl)Nc1ccnn1Cc1ccc(Br)cc1. The van der Waals surface area contributed by atoms with Gasteiger partial charge in [0, 0.05) is 15.6 Å². The molecule has 26 heavy (non-hydrogen) atoms. The van der Waals surface area contributed by atoms with Crippen LogP contribution >= 0.6 is 27.5 Å². The number of halogens is 2. The number of ether oxygens (including phenoxy) is 1. The zero-order valence-electron chi connectivity index (χ0n) is 13.9. The van der Waals surface area contributed by atoms with Crippen LogP contribution in [0.15, 0.2) is 65.3 Å². The van der Waals surface area contributed by atoms with E-state index < -0.39 is 0 Å². The van der Waals surface area contributed by atoms with Crippen molar-refractivity contribution in [2.75, 3.05) is 11.9 Å². The van der Waals surface area contributed by atoms with E-state index >= 15 is 0 Å². The monoisotopic (exact) mass is 433 g/mol. The maximum atomic E-state index is 12.1. The number of carbonyl (C=O) groups excluding carboxylic acids is 1. The standard InChI is InChI=1S/C19H17BrClN3O2/c20-16-7-5-14(6-8-16)11-24-18(9-10-22-24)23-19(25)13-26-12-15-3-1-2-4-17(15)21/h1-10H,11-13H2,(H,23,25). The highest BCUT2D eigenvalue weighted by Crippen LogP contribution is 2.16. The van der Waals surface area contributed by atoms with Crippen molar-refractivity contribution < 1.29 is 9.53 Å². The summed E-state index contributed by atoms with van der Waals surface area (Å²) in [5, 5.41) is 7.70. The van der Waals surface area contributed by atoms with Crippen LogP contribution in [-0.4, -0.2) is 22.3 Å². The second-order valence-electron chi connectivity index (χ2n) is 5.63. The third kappa shape index (κ3) is 5.17. The molecule has 134 valence electrons. The Bertz CT molecular complexity index is 881. The molecule has 0 aliphatic rings. The smallest absolute Gasteiger partial charge is 0.251 e. The van der Waals surface area contributed by atoms with Crippen molar-refractivity contribution in [3.63, 3.8) is 0 Å². The molecule has 0 aliphatic carbocycles. The van der Waals surface area contributed by atoms with Crippen molar-refractivity contribution in [1.29, 1.82) is 0 Å². The van der Waals surface area contributed by atoms with Crippen LogP contribution in [0, 0.1) is 0 Å². The predicted octanol–water partition coefficient (Wildman–Crippen LogP) is 4.50. The molecule has 1 amide bonds. The van der Waals surface area contributed by atoms with Crippen LogP contribution in [0.4, 0.5) is 5.82 Å². The number of carbonyl (C=O) groups is 1. The Hall–Kier alpha value is -2.15. The van der Waals surface area contributed by atoms with Gasteiger partial charge in [-0.15, -0.1) is 0 Å². The molecule has 0 saturated carbocycles. The van der Waals surface area contributed by atoms with Gasteiger partial charge in [0.1, 0.15) is 12.4 Å². The van der Waals surface area contributed by atoms with Crippen LogP contribution in [0.5, 0.6) is 0 Å². The molecule has 5 nitrogen and oxygen atoms in total. The fourth-order valence-corrected chi connectivity index (χ4v) is 2.83. The minimum atomic E-state index is -0.241. The number of amides is 1. The summed E-state index contributed by atoms with van der Waals surface area (Å²) in [4.78, 5) is 12.1. The molecular formula is C19H17BrClN3O2. The number of hydrogen-bond donors (Lipinski definition) is 1. The van der Waals surface area contributed by atoms with Crippen molar-refractivity contribution >= 4 is 39.3 Å². The molecule has 2 aromatic carbocycles. The van der Waals surface area contributed by atoms with Gasteiger partial charge in [0.25, 0.3) is 5.91 Å². The van der Waals surface area contributed by atoms with E-state index in [2.05, 4.69) is 26.3 Å². The fraction of sp³-hybridized carbons (Fsp3) is 0.158. The molecule has 0 aliphatic heterocycles. The molecule has 0 fully saturated rings. The van der Waals surface area contributed by atoms with E-state index in [9.17, 15) is 4.79 Å². The second-order valence-corrected chi connectivity index (χ2v) is 6.96. The molecular weight excluding hydrogens is 418 g/mol. The van der Waals surface area contributed by atoms with Gasteiger partial charge in [-0.25, -0.2) is 4.68 Å². The first-order chi connectivity index (χ1) is 12.6. The summed E-state index contributed by atoms with van der Waals surface area (Å²) < 4.78 is 8.20. The molecule has 0 unspecified atom stereocenters. The van der Waals surface area contributed by atoms with Crippen LogP contribution in [0.2, 0.25) is 5.02 Å². The molecule has 0 saturated heterocycles. The van der Waals surface area contributed by atoms with Crippen LogP contribution in [0.25, 0.3) is 0 Å². The van der Waals surface area contributed by atoms with E-state index in [0.717, 1.165) is 15.6 Å². The first kappa shape index (κ1) is 18.6. The van der Waals surface area contributed by atoms with E-state index in [1.165, 1.54) is 0 Å². The lowest BCUT2D eigenvalue weighted by Gasteiger charge is -2.10. The molecule has 7 heteroatoms. The van der Waals surface area contributed by atoms with Gasteiger partial charge in [-0.1, -0.05) is 57.9 Å². The summed E-state index contributed by atoms with van der Waals surface area (Å²) >= 11 is 9.48. The summed E-state index contributed by atoms with van der Waals surface area (Å²) in [6, 6.07) is 17.1. The van der Waals surface area contributed by atoms with Gasteiger partial charge < -0.3 is 10.1 Å². The number of hydrogen-bond acceptors (Lipinski definition) is 3. The van der Waals surface area contributed by atoms with Crippen LogP contribution in [0.3, 0.4) is 0 Å². The molecule has 1 aromatic heterocycles. The third-order valence-corrected chi connectivity index (χ3v) is 4.58. The van der Waals surface area contributed by atoms with E-state index in [0.29, 0.717) is 17.4 Å². The molecule has 0 spiro atoms. The van der Waals surface area contributed by atoms with Crippen molar-refractivity contribution in [3.8, 4) is 0 Å². The number of nitrogens with zero attached hydrogens (tertiary/aromatic N) is 2.